The van der Waals surface area contributed by atoms with Gasteiger partial charge in [0.1, 0.15) is 5.78 Å². The minimum atomic E-state index is -0.124. The van der Waals surface area contributed by atoms with E-state index in [-0.39, 0.29) is 22.4 Å². The molecule has 0 aromatic carbocycles. The second-order valence-electron chi connectivity index (χ2n) is 10.7. The number of fused-ring (bicyclic) bond motifs is 5. The molecule has 1 N–H and O–H groups in total. The SMILES string of the molecule is CCCCCCC1CC(=O)[C@@]2(C)CC[C@@H]3[C@@H](CCC4=C(O)C(=O)CC[C@@]43C)[C@H]12. The molecule has 3 fully saturated rings. The molecule has 0 heterocycles. The maximum absolute atomic E-state index is 13.1. The topological polar surface area (TPSA) is 54.4 Å². The number of carbonyl (C=O) groups excluding carboxylic acids is 2. The van der Waals surface area contributed by atoms with Crippen LogP contribution in [-0.2, 0) is 9.59 Å². The number of hydrogen-bond donors (Lipinski definition) is 1. The predicted molar refractivity (Wildman–Crippen MR) is 111 cm³/mol. The average molecular weight is 387 g/mol. The molecule has 3 nitrogen and oxygen atoms in total. The highest BCUT2D eigenvalue weighted by Gasteiger charge is 2.62. The third kappa shape index (κ3) is 2.91. The number of Topliss-reactive ketones (excluding diaryl/α,β-unsaturated/α-hetero) is 2. The molecule has 0 radical (unpaired) electrons. The number of rotatable bonds is 5. The fourth-order valence-corrected chi connectivity index (χ4v) is 7.84. The van der Waals surface area contributed by atoms with E-state index in [1.54, 1.807) is 0 Å². The minimum Gasteiger partial charge on any atom is -0.504 e. The highest BCUT2D eigenvalue weighted by molar-refractivity contribution is 5.95. The van der Waals surface area contributed by atoms with Crippen molar-refractivity contribution in [2.75, 3.05) is 0 Å². The highest BCUT2D eigenvalue weighted by atomic mass is 16.3. The zero-order valence-electron chi connectivity index (χ0n) is 18.1. The van der Waals surface area contributed by atoms with Gasteiger partial charge in [-0.05, 0) is 73.2 Å². The molecule has 4 rings (SSSR count). The summed E-state index contributed by atoms with van der Waals surface area (Å²) in [5, 5.41) is 10.5. The molecule has 4 aliphatic rings. The molecule has 28 heavy (non-hydrogen) atoms. The number of unbranched alkanes of at least 4 members (excludes halogenated alkanes) is 3. The number of aliphatic hydroxyl groups excluding tert-OH is 1. The maximum atomic E-state index is 13.1. The molecule has 3 saturated carbocycles. The van der Waals surface area contributed by atoms with Crippen LogP contribution in [-0.4, -0.2) is 16.7 Å². The summed E-state index contributed by atoms with van der Waals surface area (Å²) in [6.07, 6.45) is 12.4. The van der Waals surface area contributed by atoms with Crippen molar-refractivity contribution in [2.24, 2.45) is 34.5 Å². The Morgan fingerprint density at radius 1 is 1.00 bits per heavy atom. The van der Waals surface area contributed by atoms with Crippen molar-refractivity contribution < 1.29 is 14.7 Å². The van der Waals surface area contributed by atoms with E-state index in [0.29, 0.717) is 35.9 Å². The predicted octanol–water partition coefficient (Wildman–Crippen LogP) is 6.17. The maximum Gasteiger partial charge on any atom is 0.197 e. The van der Waals surface area contributed by atoms with Crippen molar-refractivity contribution in [3.8, 4) is 0 Å². The van der Waals surface area contributed by atoms with Crippen molar-refractivity contribution >= 4 is 11.6 Å². The summed E-state index contributed by atoms with van der Waals surface area (Å²) in [5.74, 6) is 2.71. The molecule has 0 aromatic rings. The van der Waals surface area contributed by atoms with Crippen LogP contribution in [0.4, 0.5) is 0 Å². The zero-order chi connectivity index (χ0) is 20.1. The fourth-order valence-electron chi connectivity index (χ4n) is 7.84. The van der Waals surface area contributed by atoms with E-state index in [2.05, 4.69) is 20.8 Å². The molecular formula is C25H38O3. The summed E-state index contributed by atoms with van der Waals surface area (Å²) in [6.45, 7) is 6.81. The Morgan fingerprint density at radius 3 is 2.54 bits per heavy atom. The van der Waals surface area contributed by atoms with Gasteiger partial charge in [-0.1, -0.05) is 46.5 Å². The summed E-state index contributed by atoms with van der Waals surface area (Å²) in [4.78, 5) is 25.2. The van der Waals surface area contributed by atoms with Crippen molar-refractivity contribution in [3.05, 3.63) is 11.3 Å². The van der Waals surface area contributed by atoms with E-state index in [1.165, 1.54) is 32.1 Å². The first-order valence-corrected chi connectivity index (χ1v) is 11.8. The van der Waals surface area contributed by atoms with Gasteiger partial charge in [-0.25, -0.2) is 0 Å². The van der Waals surface area contributed by atoms with Crippen LogP contribution in [0.2, 0.25) is 0 Å². The first kappa shape index (κ1) is 20.2. The van der Waals surface area contributed by atoms with Crippen LogP contribution in [0.1, 0.15) is 97.8 Å². The number of ketones is 2. The first-order chi connectivity index (χ1) is 13.3. The zero-order valence-corrected chi connectivity index (χ0v) is 18.1. The number of hydrogen-bond acceptors (Lipinski definition) is 3. The van der Waals surface area contributed by atoms with Crippen LogP contribution in [0.25, 0.3) is 0 Å². The van der Waals surface area contributed by atoms with Gasteiger partial charge in [0.15, 0.2) is 11.5 Å². The molecule has 6 atom stereocenters. The van der Waals surface area contributed by atoms with E-state index in [0.717, 1.165) is 44.1 Å². The fraction of sp³-hybridized carbons (Fsp3) is 0.840. The van der Waals surface area contributed by atoms with Gasteiger partial charge in [0.2, 0.25) is 0 Å². The molecule has 0 aromatic heterocycles. The van der Waals surface area contributed by atoms with Gasteiger partial charge in [0.05, 0.1) is 0 Å². The second kappa shape index (κ2) is 7.29. The van der Waals surface area contributed by atoms with Gasteiger partial charge in [-0.2, -0.15) is 0 Å². The van der Waals surface area contributed by atoms with Gasteiger partial charge < -0.3 is 5.11 Å². The lowest BCUT2D eigenvalue weighted by Gasteiger charge is -2.57. The van der Waals surface area contributed by atoms with Crippen LogP contribution in [0.5, 0.6) is 0 Å². The molecule has 1 unspecified atom stereocenters. The van der Waals surface area contributed by atoms with E-state index < -0.39 is 0 Å². The standard InChI is InChI=1S/C25H38O3/c1-4-5-6-7-8-16-15-21(27)25(3)13-11-18-17(22(16)25)9-10-19-23(28)20(26)12-14-24(18,19)2/h16-18,22,28H,4-15H2,1-3H3/t16?,17-,18-,22+,24-,25-/m1/s1. The third-order valence-electron chi connectivity index (χ3n) is 9.37. The molecular weight excluding hydrogens is 348 g/mol. The summed E-state index contributed by atoms with van der Waals surface area (Å²) >= 11 is 0. The Kier molecular flexibility index (Phi) is 5.25. The minimum absolute atomic E-state index is 0.0410. The number of allylic oxidation sites excluding steroid dienone is 1. The summed E-state index contributed by atoms with van der Waals surface area (Å²) in [7, 11) is 0. The van der Waals surface area contributed by atoms with E-state index >= 15 is 0 Å². The molecule has 0 amide bonds. The Balaban J connectivity index is 1.61. The summed E-state index contributed by atoms with van der Waals surface area (Å²) < 4.78 is 0. The Bertz CT molecular complexity index is 692. The highest BCUT2D eigenvalue weighted by Crippen LogP contribution is 2.66. The summed E-state index contributed by atoms with van der Waals surface area (Å²) in [6, 6.07) is 0. The Morgan fingerprint density at radius 2 is 1.79 bits per heavy atom. The van der Waals surface area contributed by atoms with Crippen LogP contribution in [0, 0.1) is 34.5 Å². The van der Waals surface area contributed by atoms with Crippen molar-refractivity contribution in [3.63, 3.8) is 0 Å². The van der Waals surface area contributed by atoms with E-state index in [1.807, 2.05) is 0 Å². The molecule has 156 valence electrons. The van der Waals surface area contributed by atoms with Gasteiger partial charge in [-0.15, -0.1) is 0 Å². The van der Waals surface area contributed by atoms with Crippen LogP contribution >= 0.6 is 0 Å². The lowest BCUT2D eigenvalue weighted by atomic mass is 9.46. The van der Waals surface area contributed by atoms with Crippen LogP contribution in [0.3, 0.4) is 0 Å². The number of carbonyl (C=O) groups is 2. The molecule has 0 spiro atoms. The van der Waals surface area contributed by atoms with Crippen molar-refractivity contribution in [2.45, 2.75) is 97.8 Å². The largest absolute Gasteiger partial charge is 0.504 e. The van der Waals surface area contributed by atoms with Gasteiger partial charge >= 0.3 is 0 Å². The monoisotopic (exact) mass is 386 g/mol. The summed E-state index contributed by atoms with van der Waals surface area (Å²) in [5.41, 5.74) is 0.874. The van der Waals surface area contributed by atoms with Crippen LogP contribution < -0.4 is 0 Å². The third-order valence-corrected chi connectivity index (χ3v) is 9.37. The number of aliphatic hydroxyl groups is 1. The van der Waals surface area contributed by atoms with Gasteiger partial charge in [-0.3, -0.25) is 9.59 Å². The molecule has 3 heteroatoms. The quantitative estimate of drug-likeness (QED) is 0.575. The molecule has 4 aliphatic carbocycles. The molecule has 0 aliphatic heterocycles. The Labute approximate surface area is 170 Å². The lowest BCUT2D eigenvalue weighted by molar-refractivity contribution is -0.133. The molecule has 0 saturated heterocycles. The Hall–Kier alpha value is -1.12. The van der Waals surface area contributed by atoms with Gasteiger partial charge in [0.25, 0.3) is 0 Å². The van der Waals surface area contributed by atoms with Crippen LogP contribution in [0.15, 0.2) is 11.3 Å². The molecule has 0 bridgehead atoms. The smallest absolute Gasteiger partial charge is 0.197 e. The lowest BCUT2D eigenvalue weighted by Crippen LogP contribution is -2.52. The average Bonchev–Trinajstić information content (AvgIpc) is 2.93. The van der Waals surface area contributed by atoms with E-state index in [9.17, 15) is 14.7 Å². The van der Waals surface area contributed by atoms with Crippen molar-refractivity contribution in [1.29, 1.82) is 0 Å². The van der Waals surface area contributed by atoms with Crippen molar-refractivity contribution in [1.82, 2.24) is 0 Å². The van der Waals surface area contributed by atoms with E-state index in [4.69, 9.17) is 0 Å². The second-order valence-corrected chi connectivity index (χ2v) is 10.7. The van der Waals surface area contributed by atoms with Gasteiger partial charge in [0, 0.05) is 18.3 Å². The first-order valence-electron chi connectivity index (χ1n) is 11.8. The normalized spacial score (nSPS) is 43.0.